The van der Waals surface area contributed by atoms with Gasteiger partial charge in [-0.25, -0.2) is 9.69 Å². The quantitative estimate of drug-likeness (QED) is 0.682. The van der Waals surface area contributed by atoms with E-state index in [1.165, 1.54) is 6.07 Å². The largest absolute Gasteiger partial charge is 0.487 e. The third-order valence-corrected chi connectivity index (χ3v) is 4.51. The second-order valence-corrected chi connectivity index (χ2v) is 6.24. The van der Waals surface area contributed by atoms with E-state index in [-0.39, 0.29) is 12.4 Å². The number of amides is 2. The molecule has 2 heterocycles. The molecule has 0 unspecified atom stereocenters. The number of anilines is 1. The van der Waals surface area contributed by atoms with Gasteiger partial charge in [-0.3, -0.25) is 9.59 Å². The summed E-state index contributed by atoms with van der Waals surface area (Å²) in [6, 6.07) is 14.7. The van der Waals surface area contributed by atoms with Crippen molar-refractivity contribution in [2.75, 3.05) is 4.90 Å². The van der Waals surface area contributed by atoms with Crippen LogP contribution in [0.15, 0.2) is 59.0 Å². The number of carboxylic acid groups (broad SMARTS) is 1. The lowest BCUT2D eigenvalue weighted by atomic mass is 10.1. The Bertz CT molecular complexity index is 1080. The Morgan fingerprint density at radius 1 is 1.04 bits per heavy atom. The van der Waals surface area contributed by atoms with E-state index in [0.717, 1.165) is 4.90 Å². The molecule has 140 valence electrons. The minimum Gasteiger partial charge on any atom is -0.487 e. The monoisotopic (exact) mass is 377 g/mol. The van der Waals surface area contributed by atoms with E-state index in [0.29, 0.717) is 33.9 Å². The van der Waals surface area contributed by atoms with Crippen LogP contribution in [-0.2, 0) is 6.61 Å². The molecule has 2 amide bonds. The van der Waals surface area contributed by atoms with Crippen molar-refractivity contribution in [3.05, 3.63) is 82.8 Å². The van der Waals surface area contributed by atoms with Gasteiger partial charge in [0.25, 0.3) is 11.8 Å². The molecule has 0 atom stereocenters. The number of aromatic carboxylic acids is 1. The number of hydrogen-bond acceptors (Lipinski definition) is 5. The average Bonchev–Trinajstić information content (AvgIpc) is 3.19. The molecule has 0 fully saturated rings. The standard InChI is InChI=1S/C21H15NO6/c1-12-13(10-18(28-12)21(25)26)11-27-17-9-5-4-8-16(17)22-19(23)14-6-2-3-7-15(14)20(22)24/h2-10H,11H2,1H3,(H,25,26). The number of benzene rings is 2. The van der Waals surface area contributed by atoms with Crippen molar-refractivity contribution in [1.82, 2.24) is 0 Å². The maximum Gasteiger partial charge on any atom is 0.371 e. The number of rotatable bonds is 5. The SMILES string of the molecule is Cc1oc(C(=O)O)cc1COc1ccccc1N1C(=O)c2ccccc2C1=O. The number of carboxylic acids is 1. The van der Waals surface area contributed by atoms with Crippen LogP contribution in [0.1, 0.15) is 42.6 Å². The Morgan fingerprint density at radius 3 is 2.25 bits per heavy atom. The van der Waals surface area contributed by atoms with Gasteiger partial charge in [-0.2, -0.15) is 0 Å². The van der Waals surface area contributed by atoms with Crippen molar-refractivity contribution < 1.29 is 28.6 Å². The van der Waals surface area contributed by atoms with Gasteiger partial charge < -0.3 is 14.3 Å². The maximum absolute atomic E-state index is 12.7. The molecule has 0 bridgehead atoms. The summed E-state index contributed by atoms with van der Waals surface area (Å²) in [7, 11) is 0. The molecule has 0 aliphatic carbocycles. The molecule has 28 heavy (non-hydrogen) atoms. The molecular formula is C21H15NO6. The summed E-state index contributed by atoms with van der Waals surface area (Å²) in [4.78, 5) is 37.6. The topological polar surface area (TPSA) is 97.1 Å². The predicted octanol–water partition coefficient (Wildman–Crippen LogP) is 3.67. The van der Waals surface area contributed by atoms with Crippen LogP contribution < -0.4 is 9.64 Å². The lowest BCUT2D eigenvalue weighted by molar-refractivity contribution is 0.0660. The Hall–Kier alpha value is -3.87. The first-order valence-corrected chi connectivity index (χ1v) is 8.49. The van der Waals surface area contributed by atoms with Crippen LogP contribution in [0, 0.1) is 6.92 Å². The number of furan rings is 1. The summed E-state index contributed by atoms with van der Waals surface area (Å²) in [6.07, 6.45) is 0. The van der Waals surface area contributed by atoms with Crippen molar-refractivity contribution in [3.8, 4) is 5.75 Å². The average molecular weight is 377 g/mol. The van der Waals surface area contributed by atoms with Crippen LogP contribution in [0.2, 0.25) is 0 Å². The summed E-state index contributed by atoms with van der Waals surface area (Å²) in [5.41, 5.74) is 1.58. The van der Waals surface area contributed by atoms with E-state index >= 15 is 0 Å². The summed E-state index contributed by atoms with van der Waals surface area (Å²) in [5.74, 6) is -1.41. The highest BCUT2D eigenvalue weighted by molar-refractivity contribution is 6.34. The zero-order valence-electron chi connectivity index (χ0n) is 14.8. The van der Waals surface area contributed by atoms with Crippen LogP contribution in [-0.4, -0.2) is 22.9 Å². The lowest BCUT2D eigenvalue weighted by Gasteiger charge is -2.18. The molecule has 3 aromatic rings. The van der Waals surface area contributed by atoms with Gasteiger partial charge in [0.1, 0.15) is 18.1 Å². The fourth-order valence-corrected chi connectivity index (χ4v) is 3.10. The molecule has 0 spiro atoms. The Kier molecular flexibility index (Phi) is 4.19. The molecule has 4 rings (SSSR count). The van der Waals surface area contributed by atoms with Crippen LogP contribution in [0.3, 0.4) is 0 Å². The van der Waals surface area contributed by atoms with Crippen molar-refractivity contribution in [1.29, 1.82) is 0 Å². The van der Waals surface area contributed by atoms with Gasteiger partial charge in [0.2, 0.25) is 5.76 Å². The van der Waals surface area contributed by atoms with Gasteiger partial charge in [-0.05, 0) is 37.3 Å². The smallest absolute Gasteiger partial charge is 0.371 e. The molecule has 0 saturated heterocycles. The number of aryl methyl sites for hydroxylation is 1. The van der Waals surface area contributed by atoms with Crippen LogP contribution >= 0.6 is 0 Å². The number of nitrogens with zero attached hydrogens (tertiary/aromatic N) is 1. The number of ether oxygens (including phenoxy) is 1. The summed E-state index contributed by atoms with van der Waals surface area (Å²) < 4.78 is 11.0. The lowest BCUT2D eigenvalue weighted by Crippen LogP contribution is -2.29. The van der Waals surface area contributed by atoms with E-state index in [1.54, 1.807) is 55.5 Å². The third-order valence-electron chi connectivity index (χ3n) is 4.51. The highest BCUT2D eigenvalue weighted by atomic mass is 16.5. The van der Waals surface area contributed by atoms with E-state index in [1.807, 2.05) is 0 Å². The molecule has 1 aliphatic heterocycles. The van der Waals surface area contributed by atoms with Crippen LogP contribution in [0.5, 0.6) is 5.75 Å². The summed E-state index contributed by atoms with van der Waals surface area (Å²) >= 11 is 0. The second kappa shape index (κ2) is 6.70. The zero-order valence-corrected chi connectivity index (χ0v) is 14.8. The molecule has 1 N–H and O–H groups in total. The summed E-state index contributed by atoms with van der Waals surface area (Å²) in [5, 5.41) is 9.02. The highest BCUT2D eigenvalue weighted by Gasteiger charge is 2.37. The molecule has 2 aromatic carbocycles. The summed E-state index contributed by atoms with van der Waals surface area (Å²) in [6.45, 7) is 1.67. The number of carbonyl (C=O) groups excluding carboxylic acids is 2. The number of fused-ring (bicyclic) bond motifs is 1. The number of carbonyl (C=O) groups is 3. The van der Waals surface area contributed by atoms with E-state index < -0.39 is 17.8 Å². The minimum absolute atomic E-state index is 0.0306. The van der Waals surface area contributed by atoms with Gasteiger partial charge in [-0.15, -0.1) is 0 Å². The number of para-hydroxylation sites is 2. The van der Waals surface area contributed by atoms with Gasteiger partial charge in [0.15, 0.2) is 0 Å². The van der Waals surface area contributed by atoms with Gasteiger partial charge in [-0.1, -0.05) is 24.3 Å². The fourth-order valence-electron chi connectivity index (χ4n) is 3.10. The first-order valence-electron chi connectivity index (χ1n) is 8.49. The maximum atomic E-state index is 12.7. The first kappa shape index (κ1) is 17.5. The molecule has 0 radical (unpaired) electrons. The zero-order chi connectivity index (χ0) is 19.8. The van der Waals surface area contributed by atoms with Gasteiger partial charge in [0, 0.05) is 5.56 Å². The van der Waals surface area contributed by atoms with Gasteiger partial charge >= 0.3 is 5.97 Å². The highest BCUT2D eigenvalue weighted by Crippen LogP contribution is 2.35. The van der Waals surface area contributed by atoms with E-state index in [9.17, 15) is 14.4 Å². The molecule has 7 heteroatoms. The molecule has 7 nitrogen and oxygen atoms in total. The first-order chi connectivity index (χ1) is 13.5. The Labute approximate surface area is 159 Å². The van der Waals surface area contributed by atoms with Crippen LogP contribution in [0.25, 0.3) is 0 Å². The molecular weight excluding hydrogens is 362 g/mol. The fraction of sp³-hybridized carbons (Fsp3) is 0.0952. The predicted molar refractivity (Wildman–Crippen MR) is 98.8 cm³/mol. The normalized spacial score (nSPS) is 13.0. The van der Waals surface area contributed by atoms with Crippen molar-refractivity contribution in [2.45, 2.75) is 13.5 Å². The Morgan fingerprint density at radius 2 is 1.64 bits per heavy atom. The molecule has 0 saturated carbocycles. The molecule has 1 aliphatic rings. The number of imide groups is 1. The minimum atomic E-state index is -1.17. The van der Waals surface area contributed by atoms with Crippen molar-refractivity contribution in [2.24, 2.45) is 0 Å². The van der Waals surface area contributed by atoms with E-state index in [2.05, 4.69) is 0 Å². The number of hydrogen-bond donors (Lipinski definition) is 1. The third kappa shape index (κ3) is 2.83. The Balaban J connectivity index is 1.63. The van der Waals surface area contributed by atoms with Gasteiger partial charge in [0.05, 0.1) is 16.8 Å². The van der Waals surface area contributed by atoms with E-state index in [4.69, 9.17) is 14.3 Å². The van der Waals surface area contributed by atoms with Crippen molar-refractivity contribution >= 4 is 23.5 Å². The molecule has 1 aromatic heterocycles. The second-order valence-electron chi connectivity index (χ2n) is 6.24. The van der Waals surface area contributed by atoms with Crippen molar-refractivity contribution in [3.63, 3.8) is 0 Å². The van der Waals surface area contributed by atoms with Crippen LogP contribution in [0.4, 0.5) is 5.69 Å².